The molecule has 0 aliphatic carbocycles. The predicted molar refractivity (Wildman–Crippen MR) is 136 cm³/mol. The van der Waals surface area contributed by atoms with E-state index in [1.54, 1.807) is 0 Å². The van der Waals surface area contributed by atoms with Gasteiger partial charge in [0.2, 0.25) is 0 Å². The lowest BCUT2D eigenvalue weighted by Gasteiger charge is -2.43. The summed E-state index contributed by atoms with van der Waals surface area (Å²) >= 11 is 3.16. The number of imide groups is 1. The number of alkyl halides is 1. The van der Waals surface area contributed by atoms with Crippen LogP contribution in [0.5, 0.6) is 0 Å². The van der Waals surface area contributed by atoms with Crippen molar-refractivity contribution in [2.45, 2.75) is 76.4 Å². The van der Waals surface area contributed by atoms with Gasteiger partial charge in [-0.3, -0.25) is 4.99 Å². The Balaban J connectivity index is 2.99. The monoisotopic (exact) mass is 608 g/mol. The van der Waals surface area contributed by atoms with Gasteiger partial charge in [0.1, 0.15) is 46.1 Å². The fourth-order valence-electron chi connectivity index (χ4n) is 3.62. The third kappa shape index (κ3) is 6.54. The van der Waals surface area contributed by atoms with E-state index in [-0.39, 0.29) is 11.2 Å². The second-order valence-electron chi connectivity index (χ2n) is 10.9. The highest BCUT2D eigenvalue weighted by Gasteiger charge is 2.58. The van der Waals surface area contributed by atoms with Crippen molar-refractivity contribution in [3.05, 3.63) is 34.1 Å². The zero-order valence-electron chi connectivity index (χ0n) is 21.7. The first-order chi connectivity index (χ1) is 16.7. The standard InChI is InChI=1S/C24H31BrF2N2O7S/c1-21(2,3)35-19(31)29(20(32)36-22(4,5)6)18-23(7,10-11-30)37(33,34)14-24(13-26,28-18)16-12-15(25)8-9-17(16)27/h8-9,11-12H,10,13-14H2,1-7H3/t23-,24+/m0/s1. The fraction of sp³-hybridized carbons (Fsp3) is 0.583. The number of halogens is 3. The molecule has 1 aliphatic heterocycles. The molecular formula is C24H31BrF2N2O7S. The topological polar surface area (TPSA) is 119 Å². The van der Waals surface area contributed by atoms with Gasteiger partial charge < -0.3 is 14.3 Å². The molecule has 37 heavy (non-hydrogen) atoms. The summed E-state index contributed by atoms with van der Waals surface area (Å²) in [6.45, 7) is 8.61. The third-order valence-electron chi connectivity index (χ3n) is 5.40. The van der Waals surface area contributed by atoms with Gasteiger partial charge >= 0.3 is 12.2 Å². The Bertz CT molecular complexity index is 1200. The maximum absolute atomic E-state index is 15.0. The molecule has 1 heterocycles. The van der Waals surface area contributed by atoms with Crippen LogP contribution in [0.15, 0.2) is 27.7 Å². The molecule has 206 valence electrons. The second-order valence-corrected chi connectivity index (χ2v) is 14.2. The molecule has 0 spiro atoms. The minimum atomic E-state index is -4.57. The van der Waals surface area contributed by atoms with Crippen LogP contribution in [0.3, 0.4) is 0 Å². The van der Waals surface area contributed by atoms with Crippen LogP contribution in [0.25, 0.3) is 0 Å². The molecule has 9 nitrogen and oxygen atoms in total. The van der Waals surface area contributed by atoms with Crippen molar-refractivity contribution >= 4 is 50.1 Å². The van der Waals surface area contributed by atoms with E-state index in [0.29, 0.717) is 4.47 Å². The molecule has 0 bridgehead atoms. The van der Waals surface area contributed by atoms with E-state index in [2.05, 4.69) is 20.9 Å². The van der Waals surface area contributed by atoms with Gasteiger partial charge in [-0.05, 0) is 66.7 Å². The summed E-state index contributed by atoms with van der Waals surface area (Å²) in [6.07, 6.45) is -3.19. The van der Waals surface area contributed by atoms with Crippen molar-refractivity contribution in [1.82, 2.24) is 4.90 Å². The van der Waals surface area contributed by atoms with Crippen molar-refractivity contribution in [3.63, 3.8) is 0 Å². The van der Waals surface area contributed by atoms with Gasteiger partial charge in [0.25, 0.3) is 0 Å². The maximum Gasteiger partial charge on any atom is 0.425 e. The van der Waals surface area contributed by atoms with E-state index in [9.17, 15) is 31.6 Å². The van der Waals surface area contributed by atoms with Gasteiger partial charge in [-0.15, -0.1) is 0 Å². The van der Waals surface area contributed by atoms with Crippen molar-refractivity contribution in [2.24, 2.45) is 4.99 Å². The van der Waals surface area contributed by atoms with E-state index < -0.39 is 79.6 Å². The molecule has 0 fully saturated rings. The van der Waals surface area contributed by atoms with Gasteiger partial charge in [0.15, 0.2) is 9.84 Å². The lowest BCUT2D eigenvalue weighted by Crippen LogP contribution is -2.63. The van der Waals surface area contributed by atoms with Crippen LogP contribution in [-0.2, 0) is 29.6 Å². The maximum atomic E-state index is 15.0. The summed E-state index contributed by atoms with van der Waals surface area (Å²) in [5, 5.41) is 0. The number of rotatable bonds is 4. The molecule has 2 atom stereocenters. The number of aliphatic imine (C=N–C) groups is 1. The Morgan fingerprint density at radius 2 is 1.65 bits per heavy atom. The molecular weight excluding hydrogens is 578 g/mol. The van der Waals surface area contributed by atoms with Gasteiger partial charge in [-0.1, -0.05) is 15.9 Å². The molecule has 0 saturated carbocycles. The lowest BCUT2D eigenvalue weighted by atomic mass is 9.91. The zero-order valence-corrected chi connectivity index (χ0v) is 24.1. The number of aldehydes is 1. The summed E-state index contributed by atoms with van der Waals surface area (Å²) in [7, 11) is -4.57. The van der Waals surface area contributed by atoms with E-state index in [4.69, 9.17) is 9.47 Å². The summed E-state index contributed by atoms with van der Waals surface area (Å²) in [5.74, 6) is -2.81. The van der Waals surface area contributed by atoms with Crippen molar-refractivity contribution in [3.8, 4) is 0 Å². The average Bonchev–Trinajstić information content (AvgIpc) is 2.70. The van der Waals surface area contributed by atoms with Crippen molar-refractivity contribution < 1.29 is 41.1 Å². The minimum absolute atomic E-state index is 0.247. The molecule has 0 N–H and O–H groups in total. The predicted octanol–water partition coefficient (Wildman–Crippen LogP) is 5.10. The molecule has 1 aromatic rings. The fourth-order valence-corrected chi connectivity index (χ4v) is 5.97. The Kier molecular flexibility index (Phi) is 8.65. The zero-order chi connectivity index (χ0) is 28.6. The van der Waals surface area contributed by atoms with Crippen LogP contribution in [0, 0.1) is 5.82 Å². The van der Waals surface area contributed by atoms with Crippen LogP contribution in [-0.4, -0.2) is 66.0 Å². The molecule has 0 radical (unpaired) electrons. The largest absolute Gasteiger partial charge is 0.443 e. The molecule has 0 aromatic heterocycles. The number of carbonyl (C=O) groups is 3. The summed E-state index contributed by atoms with van der Waals surface area (Å²) in [6, 6.07) is 3.49. The Morgan fingerprint density at radius 1 is 1.14 bits per heavy atom. The number of nitrogens with zero attached hydrogens (tertiary/aromatic N) is 2. The number of hydrogen-bond donors (Lipinski definition) is 0. The average molecular weight is 609 g/mol. The summed E-state index contributed by atoms with van der Waals surface area (Å²) in [5.41, 5.74) is -5.11. The van der Waals surface area contributed by atoms with Crippen LogP contribution >= 0.6 is 15.9 Å². The number of hydrogen-bond acceptors (Lipinski definition) is 8. The lowest BCUT2D eigenvalue weighted by molar-refractivity contribution is -0.108. The number of amides is 2. The van der Waals surface area contributed by atoms with Crippen molar-refractivity contribution in [2.75, 3.05) is 12.4 Å². The molecule has 0 saturated heterocycles. The summed E-state index contributed by atoms with van der Waals surface area (Å²) in [4.78, 5) is 42.7. The van der Waals surface area contributed by atoms with E-state index in [0.717, 1.165) is 13.0 Å². The molecule has 2 rings (SSSR count). The number of carbonyl (C=O) groups excluding carboxylic acids is 3. The summed E-state index contributed by atoms with van der Waals surface area (Å²) < 4.78 is 65.9. The number of benzene rings is 1. The van der Waals surface area contributed by atoms with E-state index >= 15 is 0 Å². The van der Waals surface area contributed by atoms with Crippen molar-refractivity contribution in [1.29, 1.82) is 0 Å². The molecule has 1 aromatic carbocycles. The van der Waals surface area contributed by atoms with E-state index in [1.165, 1.54) is 53.7 Å². The molecule has 2 amide bonds. The first kappa shape index (κ1) is 30.8. The van der Waals surface area contributed by atoms with E-state index in [1.807, 2.05) is 0 Å². The second kappa shape index (κ2) is 10.4. The smallest absolute Gasteiger partial charge is 0.425 e. The Morgan fingerprint density at radius 3 is 2.08 bits per heavy atom. The third-order valence-corrected chi connectivity index (χ3v) is 8.47. The number of amidine groups is 1. The van der Waals surface area contributed by atoms with Crippen LogP contribution in [0.4, 0.5) is 18.4 Å². The number of ether oxygens (including phenoxy) is 2. The molecule has 1 aliphatic rings. The molecule has 13 heteroatoms. The minimum Gasteiger partial charge on any atom is -0.443 e. The first-order valence-electron chi connectivity index (χ1n) is 11.3. The van der Waals surface area contributed by atoms with Gasteiger partial charge in [0, 0.05) is 16.5 Å². The van der Waals surface area contributed by atoms with Gasteiger partial charge in [-0.25, -0.2) is 26.8 Å². The normalized spacial score (nSPS) is 23.6. The Labute approximate surface area is 223 Å². The highest BCUT2D eigenvalue weighted by atomic mass is 79.9. The van der Waals surface area contributed by atoms with Gasteiger partial charge in [0.05, 0.1) is 5.75 Å². The highest BCUT2D eigenvalue weighted by molar-refractivity contribution is 9.10. The first-order valence-corrected chi connectivity index (χ1v) is 13.7. The quantitative estimate of drug-likeness (QED) is 0.436. The highest BCUT2D eigenvalue weighted by Crippen LogP contribution is 2.42. The SMILES string of the molecule is CC(C)(C)OC(=O)N(C(=O)OC(C)(C)C)C1=N[C@@](CF)(c2cc(Br)ccc2F)CS(=O)(=O)[C@@]1(C)CC=O. The van der Waals surface area contributed by atoms with Crippen LogP contribution < -0.4 is 0 Å². The van der Waals surface area contributed by atoms with Crippen LogP contribution in [0.1, 0.15) is 60.5 Å². The molecule has 0 unspecified atom stereocenters. The van der Waals surface area contributed by atoms with Crippen LogP contribution in [0.2, 0.25) is 0 Å². The Hall–Kier alpha value is -2.41. The van der Waals surface area contributed by atoms with Gasteiger partial charge in [-0.2, -0.15) is 4.90 Å². The number of sulfone groups is 1.